The molecule has 0 aromatic rings. The maximum atomic E-state index is 11.3. The monoisotopic (exact) mass is 275 g/mol. The van der Waals surface area contributed by atoms with Gasteiger partial charge < -0.3 is 19.9 Å². The minimum absolute atomic E-state index is 0.185. The topological polar surface area (TPSA) is 105 Å². The number of rotatable bonds is 6. The summed E-state index contributed by atoms with van der Waals surface area (Å²) in [5, 5.41) is 0. The van der Waals surface area contributed by atoms with Crippen molar-refractivity contribution in [1.82, 2.24) is 0 Å². The molecule has 0 fully saturated rings. The Labute approximate surface area is 112 Å². The van der Waals surface area contributed by atoms with Gasteiger partial charge >= 0.3 is 17.9 Å². The molecule has 2 N–H and O–H groups in total. The highest BCUT2D eigenvalue weighted by molar-refractivity contribution is 5.82. The van der Waals surface area contributed by atoms with Crippen molar-refractivity contribution in [2.45, 2.75) is 40.2 Å². The van der Waals surface area contributed by atoms with Crippen molar-refractivity contribution in [3.8, 4) is 0 Å². The van der Waals surface area contributed by atoms with E-state index >= 15 is 0 Å². The Hall–Kier alpha value is -1.63. The first-order valence-electron chi connectivity index (χ1n) is 5.93. The van der Waals surface area contributed by atoms with E-state index in [9.17, 15) is 14.4 Å². The zero-order valence-corrected chi connectivity index (χ0v) is 11.7. The first kappa shape index (κ1) is 17.4. The molecule has 1 atom stereocenters. The molecule has 1 unspecified atom stereocenters. The van der Waals surface area contributed by atoms with Gasteiger partial charge in [-0.2, -0.15) is 0 Å². The second-order valence-electron chi connectivity index (χ2n) is 4.88. The van der Waals surface area contributed by atoms with E-state index in [0.29, 0.717) is 0 Å². The highest BCUT2D eigenvalue weighted by Crippen LogP contribution is 2.14. The van der Waals surface area contributed by atoms with E-state index in [2.05, 4.69) is 9.47 Å². The van der Waals surface area contributed by atoms with Gasteiger partial charge in [0.2, 0.25) is 6.79 Å². The van der Waals surface area contributed by atoms with Crippen molar-refractivity contribution in [3.63, 3.8) is 0 Å². The largest absolute Gasteiger partial charge is 0.465 e. The van der Waals surface area contributed by atoms with Crippen LogP contribution in [0.2, 0.25) is 0 Å². The summed E-state index contributed by atoms with van der Waals surface area (Å²) in [6, 6.07) is -1.08. The molecule has 0 aromatic heterocycles. The van der Waals surface area contributed by atoms with Gasteiger partial charge in [0.1, 0.15) is 6.04 Å². The van der Waals surface area contributed by atoms with E-state index < -0.39 is 36.2 Å². The lowest BCUT2D eigenvalue weighted by Crippen LogP contribution is -2.35. The molecule has 0 spiro atoms. The summed E-state index contributed by atoms with van der Waals surface area (Å²) in [7, 11) is 0. The Balaban J connectivity index is 3.94. The molecule has 0 heterocycles. The smallest absolute Gasteiger partial charge is 0.323 e. The molecule has 0 aliphatic heterocycles. The third-order valence-corrected chi connectivity index (χ3v) is 2.00. The number of nitrogens with two attached hydrogens (primary N) is 1. The fourth-order valence-corrected chi connectivity index (χ4v) is 0.936. The predicted octanol–water partition coefficient (Wildman–Crippen LogP) is 0.357. The predicted molar refractivity (Wildman–Crippen MR) is 65.7 cm³/mol. The Bertz CT molecular complexity index is 334. The summed E-state index contributed by atoms with van der Waals surface area (Å²) in [6.45, 7) is 6.35. The van der Waals surface area contributed by atoms with Gasteiger partial charge in [-0.25, -0.2) is 0 Å². The maximum Gasteiger partial charge on any atom is 0.323 e. The number of hydrogen-bond acceptors (Lipinski definition) is 7. The standard InChI is InChI=1S/C12H21NO6/c1-5-17-10(15)8(13)6-9(14)18-7-19-11(16)12(2,3)4/h8H,5-7,13H2,1-4H3. The molecule has 0 aliphatic carbocycles. The average molecular weight is 275 g/mol. The molecule has 0 rings (SSSR count). The Morgan fingerprint density at radius 2 is 1.68 bits per heavy atom. The zero-order chi connectivity index (χ0) is 15.1. The van der Waals surface area contributed by atoms with Gasteiger partial charge in [0.25, 0.3) is 0 Å². The molecule has 110 valence electrons. The van der Waals surface area contributed by atoms with Crippen LogP contribution in [0.15, 0.2) is 0 Å². The van der Waals surface area contributed by atoms with Crippen LogP contribution in [0.3, 0.4) is 0 Å². The summed E-state index contributed by atoms with van der Waals surface area (Å²) in [6.07, 6.45) is -0.327. The lowest BCUT2D eigenvalue weighted by Gasteiger charge is -2.16. The van der Waals surface area contributed by atoms with E-state index in [1.807, 2.05) is 0 Å². The van der Waals surface area contributed by atoms with Crippen LogP contribution in [0.1, 0.15) is 34.1 Å². The number of carbonyl (C=O) groups is 3. The quantitative estimate of drug-likeness (QED) is 0.551. The van der Waals surface area contributed by atoms with Gasteiger partial charge in [0.15, 0.2) is 0 Å². The molecule has 0 amide bonds. The lowest BCUT2D eigenvalue weighted by atomic mass is 9.98. The SMILES string of the molecule is CCOC(=O)C(N)CC(=O)OCOC(=O)C(C)(C)C. The molecule has 0 saturated carbocycles. The van der Waals surface area contributed by atoms with Crippen LogP contribution in [0.25, 0.3) is 0 Å². The van der Waals surface area contributed by atoms with Crippen LogP contribution in [-0.2, 0) is 28.6 Å². The summed E-state index contributed by atoms with van der Waals surface area (Å²) in [5.74, 6) is -1.90. The molecule has 0 saturated heterocycles. The fourth-order valence-electron chi connectivity index (χ4n) is 0.936. The highest BCUT2D eigenvalue weighted by Gasteiger charge is 2.24. The first-order chi connectivity index (χ1) is 8.68. The van der Waals surface area contributed by atoms with Crippen LogP contribution >= 0.6 is 0 Å². The van der Waals surface area contributed by atoms with E-state index in [-0.39, 0.29) is 13.0 Å². The van der Waals surface area contributed by atoms with Gasteiger partial charge in [-0.3, -0.25) is 14.4 Å². The van der Waals surface area contributed by atoms with Crippen molar-refractivity contribution in [3.05, 3.63) is 0 Å². The van der Waals surface area contributed by atoms with E-state index in [0.717, 1.165) is 0 Å². The molecule has 0 aliphatic rings. The van der Waals surface area contributed by atoms with Gasteiger partial charge in [-0.05, 0) is 27.7 Å². The summed E-state index contributed by atoms with van der Waals surface area (Å²) in [4.78, 5) is 33.8. The number of hydrogen-bond donors (Lipinski definition) is 1. The van der Waals surface area contributed by atoms with Crippen LogP contribution in [0.5, 0.6) is 0 Å². The number of ether oxygens (including phenoxy) is 3. The van der Waals surface area contributed by atoms with E-state index in [4.69, 9.17) is 10.5 Å². The minimum atomic E-state index is -1.08. The first-order valence-corrected chi connectivity index (χ1v) is 5.93. The van der Waals surface area contributed by atoms with Crippen LogP contribution < -0.4 is 5.73 Å². The maximum absolute atomic E-state index is 11.3. The molecule has 19 heavy (non-hydrogen) atoms. The molecular formula is C12H21NO6. The third kappa shape index (κ3) is 7.40. The van der Waals surface area contributed by atoms with Crippen molar-refractivity contribution < 1.29 is 28.6 Å². The van der Waals surface area contributed by atoms with E-state index in [1.165, 1.54) is 0 Å². The minimum Gasteiger partial charge on any atom is -0.465 e. The molecular weight excluding hydrogens is 254 g/mol. The molecule has 0 bridgehead atoms. The number of carbonyl (C=O) groups excluding carboxylic acids is 3. The zero-order valence-electron chi connectivity index (χ0n) is 11.7. The lowest BCUT2D eigenvalue weighted by molar-refractivity contribution is -0.174. The Morgan fingerprint density at radius 3 is 2.16 bits per heavy atom. The third-order valence-electron chi connectivity index (χ3n) is 2.00. The second-order valence-corrected chi connectivity index (χ2v) is 4.88. The molecule has 7 nitrogen and oxygen atoms in total. The summed E-state index contributed by atoms with van der Waals surface area (Å²) >= 11 is 0. The summed E-state index contributed by atoms with van der Waals surface area (Å²) in [5.41, 5.74) is 4.75. The average Bonchev–Trinajstić information content (AvgIpc) is 2.27. The van der Waals surface area contributed by atoms with Crippen molar-refractivity contribution in [2.24, 2.45) is 11.1 Å². The highest BCUT2D eigenvalue weighted by atomic mass is 16.7. The van der Waals surface area contributed by atoms with Gasteiger partial charge in [-0.15, -0.1) is 0 Å². The fraction of sp³-hybridized carbons (Fsp3) is 0.750. The molecule has 0 aromatic carbocycles. The normalized spacial score (nSPS) is 12.5. The molecule has 0 radical (unpaired) electrons. The van der Waals surface area contributed by atoms with Crippen molar-refractivity contribution in [1.29, 1.82) is 0 Å². The second kappa shape index (κ2) is 7.73. The Kier molecular flexibility index (Phi) is 7.06. The molecule has 7 heteroatoms. The van der Waals surface area contributed by atoms with Gasteiger partial charge in [0.05, 0.1) is 18.4 Å². The van der Waals surface area contributed by atoms with Crippen molar-refractivity contribution in [2.75, 3.05) is 13.4 Å². The van der Waals surface area contributed by atoms with Crippen LogP contribution in [0, 0.1) is 5.41 Å². The Morgan fingerprint density at radius 1 is 1.11 bits per heavy atom. The van der Waals surface area contributed by atoms with Crippen molar-refractivity contribution >= 4 is 17.9 Å². The van der Waals surface area contributed by atoms with E-state index in [1.54, 1.807) is 27.7 Å². The number of esters is 3. The summed E-state index contributed by atoms with van der Waals surface area (Å²) < 4.78 is 14.0. The van der Waals surface area contributed by atoms with Gasteiger partial charge in [0, 0.05) is 0 Å². The van der Waals surface area contributed by atoms with Crippen LogP contribution in [-0.4, -0.2) is 37.3 Å². The van der Waals surface area contributed by atoms with Crippen LogP contribution in [0.4, 0.5) is 0 Å². The van der Waals surface area contributed by atoms with Gasteiger partial charge in [-0.1, -0.05) is 0 Å².